The summed E-state index contributed by atoms with van der Waals surface area (Å²) in [6.07, 6.45) is 2.82. The summed E-state index contributed by atoms with van der Waals surface area (Å²) in [5.41, 5.74) is -0.373. The molecule has 2 saturated heterocycles. The average molecular weight is 255 g/mol. The summed E-state index contributed by atoms with van der Waals surface area (Å²) in [7, 11) is 0. The van der Waals surface area contributed by atoms with Gasteiger partial charge in [0.2, 0.25) is 0 Å². The molecule has 0 radical (unpaired) electrons. The van der Waals surface area contributed by atoms with Crippen LogP contribution in [0.4, 0.5) is 4.79 Å². The fraction of sp³-hybridized carbons (Fsp3) is 0.929. The first-order chi connectivity index (χ1) is 8.30. The van der Waals surface area contributed by atoms with Crippen LogP contribution in [-0.2, 0) is 9.47 Å². The van der Waals surface area contributed by atoms with Gasteiger partial charge in [0.1, 0.15) is 5.60 Å². The van der Waals surface area contributed by atoms with Crippen molar-refractivity contribution in [3.63, 3.8) is 0 Å². The molecule has 0 N–H and O–H groups in total. The van der Waals surface area contributed by atoms with Crippen LogP contribution in [-0.4, -0.2) is 41.9 Å². The first-order valence-electron chi connectivity index (χ1n) is 6.92. The number of rotatable bonds is 0. The van der Waals surface area contributed by atoms with E-state index in [1.54, 1.807) is 0 Å². The molecule has 0 bridgehead atoms. The van der Waals surface area contributed by atoms with Crippen LogP contribution < -0.4 is 0 Å². The molecule has 2 aliphatic rings. The summed E-state index contributed by atoms with van der Waals surface area (Å²) in [6.45, 7) is 10.3. The maximum absolute atomic E-state index is 11.9. The molecule has 0 aromatic carbocycles. The third kappa shape index (κ3) is 3.16. The minimum Gasteiger partial charge on any atom is -0.444 e. The van der Waals surface area contributed by atoms with Crippen molar-refractivity contribution in [1.29, 1.82) is 0 Å². The Balaban J connectivity index is 1.85. The quantitative estimate of drug-likeness (QED) is 0.668. The van der Waals surface area contributed by atoms with Gasteiger partial charge in [0.05, 0.1) is 5.60 Å². The predicted octanol–water partition coefficient (Wildman–Crippen LogP) is 2.81. The molecule has 4 nitrogen and oxygen atoms in total. The van der Waals surface area contributed by atoms with E-state index in [-0.39, 0.29) is 11.7 Å². The molecule has 2 fully saturated rings. The third-order valence-electron chi connectivity index (χ3n) is 3.72. The molecular formula is C14H25NO3. The van der Waals surface area contributed by atoms with E-state index in [4.69, 9.17) is 9.47 Å². The molecule has 1 atom stereocenters. The molecule has 2 heterocycles. The molecule has 104 valence electrons. The Kier molecular flexibility index (Phi) is 3.58. The Hall–Kier alpha value is -0.770. The predicted molar refractivity (Wildman–Crippen MR) is 69.5 cm³/mol. The van der Waals surface area contributed by atoms with Gasteiger partial charge in [-0.15, -0.1) is 0 Å². The molecule has 0 saturated carbocycles. The highest BCUT2D eigenvalue weighted by Gasteiger charge is 2.42. The second kappa shape index (κ2) is 4.72. The van der Waals surface area contributed by atoms with Gasteiger partial charge >= 0.3 is 6.09 Å². The maximum Gasteiger partial charge on any atom is 0.410 e. The van der Waals surface area contributed by atoms with Crippen molar-refractivity contribution in [3.8, 4) is 0 Å². The van der Waals surface area contributed by atoms with E-state index in [0.717, 1.165) is 39.0 Å². The highest BCUT2D eigenvalue weighted by Crippen LogP contribution is 2.38. The summed E-state index contributed by atoms with van der Waals surface area (Å²) in [6, 6.07) is 0. The van der Waals surface area contributed by atoms with Crippen LogP contribution in [0.2, 0.25) is 0 Å². The lowest BCUT2D eigenvalue weighted by atomic mass is 9.86. The van der Waals surface area contributed by atoms with E-state index in [2.05, 4.69) is 6.92 Å². The lowest BCUT2D eigenvalue weighted by Crippen LogP contribution is -2.47. The van der Waals surface area contributed by atoms with Crippen molar-refractivity contribution < 1.29 is 14.3 Å². The molecule has 0 aromatic rings. The minimum atomic E-state index is -0.412. The Morgan fingerprint density at radius 2 is 1.94 bits per heavy atom. The Morgan fingerprint density at radius 1 is 1.33 bits per heavy atom. The topological polar surface area (TPSA) is 38.8 Å². The van der Waals surface area contributed by atoms with Gasteiger partial charge in [-0.1, -0.05) is 6.92 Å². The first-order valence-corrected chi connectivity index (χ1v) is 6.92. The van der Waals surface area contributed by atoms with Crippen molar-refractivity contribution in [3.05, 3.63) is 0 Å². The molecule has 1 unspecified atom stereocenters. The number of carbonyl (C=O) groups is 1. The highest BCUT2D eigenvalue weighted by molar-refractivity contribution is 5.68. The van der Waals surface area contributed by atoms with E-state index in [9.17, 15) is 4.79 Å². The third-order valence-corrected chi connectivity index (χ3v) is 3.72. The Bertz CT molecular complexity index is 313. The second-order valence-electron chi connectivity index (χ2n) is 6.77. The second-order valence-corrected chi connectivity index (χ2v) is 6.77. The number of hydrogen-bond donors (Lipinski definition) is 0. The zero-order valence-electron chi connectivity index (χ0n) is 12.0. The van der Waals surface area contributed by atoms with Crippen LogP contribution in [0, 0.1) is 5.92 Å². The fourth-order valence-corrected chi connectivity index (χ4v) is 2.84. The van der Waals surface area contributed by atoms with Crippen molar-refractivity contribution in [2.24, 2.45) is 5.92 Å². The maximum atomic E-state index is 11.9. The van der Waals surface area contributed by atoms with Crippen LogP contribution in [0.25, 0.3) is 0 Å². The minimum absolute atomic E-state index is 0.0396. The number of likely N-dealkylation sites (tertiary alicyclic amines) is 1. The number of piperidine rings is 1. The largest absolute Gasteiger partial charge is 0.444 e. The monoisotopic (exact) mass is 255 g/mol. The smallest absolute Gasteiger partial charge is 0.410 e. The summed E-state index contributed by atoms with van der Waals surface area (Å²) in [5, 5.41) is 0. The van der Waals surface area contributed by atoms with Gasteiger partial charge in [-0.3, -0.25) is 0 Å². The summed E-state index contributed by atoms with van der Waals surface area (Å²) in [4.78, 5) is 13.8. The van der Waals surface area contributed by atoms with Crippen molar-refractivity contribution in [2.45, 2.75) is 58.2 Å². The zero-order chi connectivity index (χ0) is 13.4. The van der Waals surface area contributed by atoms with Gasteiger partial charge in [-0.25, -0.2) is 4.79 Å². The molecule has 2 rings (SSSR count). The molecule has 1 amide bonds. The van der Waals surface area contributed by atoms with Gasteiger partial charge in [0.15, 0.2) is 0 Å². The summed E-state index contributed by atoms with van der Waals surface area (Å²) < 4.78 is 11.3. The molecule has 0 aromatic heterocycles. The van der Waals surface area contributed by atoms with Crippen LogP contribution in [0.1, 0.15) is 47.0 Å². The number of hydrogen-bond acceptors (Lipinski definition) is 3. The van der Waals surface area contributed by atoms with Crippen molar-refractivity contribution in [2.75, 3.05) is 19.7 Å². The van der Waals surface area contributed by atoms with Crippen LogP contribution in [0.15, 0.2) is 0 Å². The Labute approximate surface area is 110 Å². The van der Waals surface area contributed by atoms with Crippen molar-refractivity contribution in [1.82, 2.24) is 4.90 Å². The summed E-state index contributed by atoms with van der Waals surface area (Å²) in [5.74, 6) is 0.651. The van der Waals surface area contributed by atoms with Crippen LogP contribution in [0.5, 0.6) is 0 Å². The molecule has 1 spiro atoms. The fourth-order valence-electron chi connectivity index (χ4n) is 2.84. The number of ether oxygens (including phenoxy) is 2. The highest BCUT2D eigenvalue weighted by atomic mass is 16.6. The molecular weight excluding hydrogens is 230 g/mol. The summed E-state index contributed by atoms with van der Waals surface area (Å²) >= 11 is 0. The number of carbonyl (C=O) groups excluding carboxylic acids is 1. The van der Waals surface area contributed by atoms with Gasteiger partial charge in [-0.2, -0.15) is 0 Å². The lowest BCUT2D eigenvalue weighted by molar-refractivity contribution is -0.0486. The van der Waals surface area contributed by atoms with E-state index in [1.165, 1.54) is 0 Å². The SMILES string of the molecule is CC1COC2(CCN(C(=O)OC(C)(C)C)CC2)C1. The number of amides is 1. The first kappa shape index (κ1) is 13.7. The Morgan fingerprint density at radius 3 is 2.39 bits per heavy atom. The van der Waals surface area contributed by atoms with Crippen LogP contribution >= 0.6 is 0 Å². The standard InChI is InChI=1S/C14H25NO3/c1-11-9-14(17-10-11)5-7-15(8-6-14)12(16)18-13(2,3)4/h11H,5-10H2,1-4H3. The van der Waals surface area contributed by atoms with E-state index in [1.807, 2.05) is 25.7 Å². The zero-order valence-corrected chi connectivity index (χ0v) is 12.0. The van der Waals surface area contributed by atoms with Crippen molar-refractivity contribution >= 4 is 6.09 Å². The van der Waals surface area contributed by atoms with Gasteiger partial charge < -0.3 is 14.4 Å². The van der Waals surface area contributed by atoms with E-state index < -0.39 is 5.60 Å². The van der Waals surface area contributed by atoms with E-state index in [0.29, 0.717) is 5.92 Å². The van der Waals surface area contributed by atoms with E-state index >= 15 is 0 Å². The average Bonchev–Trinajstić information content (AvgIpc) is 2.58. The molecule has 4 heteroatoms. The van der Waals surface area contributed by atoms with Gasteiger partial charge in [0, 0.05) is 19.7 Å². The van der Waals surface area contributed by atoms with Crippen LogP contribution in [0.3, 0.4) is 0 Å². The molecule has 18 heavy (non-hydrogen) atoms. The number of nitrogens with zero attached hydrogens (tertiary/aromatic N) is 1. The molecule has 2 aliphatic heterocycles. The molecule has 0 aliphatic carbocycles. The normalized spacial score (nSPS) is 27.6. The van der Waals surface area contributed by atoms with Gasteiger partial charge in [0.25, 0.3) is 0 Å². The van der Waals surface area contributed by atoms with Gasteiger partial charge in [-0.05, 0) is 46.0 Å². The lowest BCUT2D eigenvalue weighted by Gasteiger charge is -2.39.